The highest BCUT2D eigenvalue weighted by Gasteiger charge is 2.25. The number of benzene rings is 1. The number of hydrogen-bond donors (Lipinski definition) is 2. The Labute approximate surface area is 189 Å². The second-order valence-electron chi connectivity index (χ2n) is 8.07. The van der Waals surface area contributed by atoms with E-state index in [4.69, 9.17) is 0 Å². The van der Waals surface area contributed by atoms with E-state index in [0.29, 0.717) is 22.7 Å². The van der Waals surface area contributed by atoms with Gasteiger partial charge >= 0.3 is 0 Å². The summed E-state index contributed by atoms with van der Waals surface area (Å²) in [6, 6.07) is 14.9. The number of nitrogens with zero attached hydrogens (tertiary/aromatic N) is 3. The third-order valence-electron chi connectivity index (χ3n) is 5.87. The third kappa shape index (κ3) is 4.01. The maximum atomic E-state index is 12.6. The Balaban J connectivity index is 1.34. The first-order chi connectivity index (χ1) is 15.6. The quantitative estimate of drug-likeness (QED) is 0.451. The van der Waals surface area contributed by atoms with E-state index in [1.807, 2.05) is 59.3 Å². The molecule has 3 heterocycles. The fourth-order valence-corrected chi connectivity index (χ4v) is 4.47. The van der Waals surface area contributed by atoms with Gasteiger partial charge in [-0.25, -0.2) is 0 Å². The van der Waals surface area contributed by atoms with Crippen molar-refractivity contribution in [3.63, 3.8) is 0 Å². The van der Waals surface area contributed by atoms with Crippen molar-refractivity contribution in [1.29, 1.82) is 0 Å². The first-order valence-electron chi connectivity index (χ1n) is 10.7. The summed E-state index contributed by atoms with van der Waals surface area (Å²) in [5, 5.41) is 16.5. The molecule has 0 unspecified atom stereocenters. The molecule has 0 saturated heterocycles. The van der Waals surface area contributed by atoms with Crippen LogP contribution in [0.4, 0.5) is 5.69 Å². The SMILES string of the molecule is C[C@H](NC(=O)c1ccc(-c2nnc3ccc(NC(=O)C4CCC4)cn23)cc1)c1cccs1. The van der Waals surface area contributed by atoms with Crippen LogP contribution in [0.1, 0.15) is 47.5 Å². The summed E-state index contributed by atoms with van der Waals surface area (Å²) in [5.74, 6) is 0.716. The van der Waals surface area contributed by atoms with Crippen molar-refractivity contribution in [3.05, 3.63) is 70.5 Å². The predicted molar refractivity (Wildman–Crippen MR) is 125 cm³/mol. The Bertz CT molecular complexity index is 1260. The Morgan fingerprint density at radius 2 is 1.91 bits per heavy atom. The number of thiophene rings is 1. The zero-order valence-electron chi connectivity index (χ0n) is 17.6. The van der Waals surface area contributed by atoms with Gasteiger partial charge in [-0.15, -0.1) is 21.5 Å². The van der Waals surface area contributed by atoms with Crippen molar-refractivity contribution in [3.8, 4) is 11.4 Å². The van der Waals surface area contributed by atoms with E-state index in [-0.39, 0.29) is 23.8 Å². The van der Waals surface area contributed by atoms with E-state index in [1.54, 1.807) is 23.5 Å². The smallest absolute Gasteiger partial charge is 0.251 e. The Kier molecular flexibility index (Phi) is 5.45. The van der Waals surface area contributed by atoms with Crippen molar-refractivity contribution in [2.75, 3.05) is 5.32 Å². The number of amides is 2. The fraction of sp³-hybridized carbons (Fsp3) is 0.250. The van der Waals surface area contributed by atoms with Gasteiger partial charge in [-0.2, -0.15) is 0 Å². The lowest BCUT2D eigenvalue weighted by Gasteiger charge is -2.24. The van der Waals surface area contributed by atoms with Crippen LogP contribution in [0.2, 0.25) is 0 Å². The van der Waals surface area contributed by atoms with E-state index < -0.39 is 0 Å². The topological polar surface area (TPSA) is 88.4 Å². The van der Waals surface area contributed by atoms with E-state index >= 15 is 0 Å². The monoisotopic (exact) mass is 445 g/mol. The molecule has 1 aliphatic carbocycles. The molecular weight excluding hydrogens is 422 g/mol. The molecule has 1 saturated carbocycles. The molecule has 7 nitrogen and oxygen atoms in total. The highest BCUT2D eigenvalue weighted by Crippen LogP contribution is 2.28. The van der Waals surface area contributed by atoms with Gasteiger partial charge in [-0.05, 0) is 55.5 Å². The summed E-state index contributed by atoms with van der Waals surface area (Å²) >= 11 is 1.62. The number of carbonyl (C=O) groups excluding carboxylic acids is 2. The van der Waals surface area contributed by atoms with Crippen LogP contribution in [0.25, 0.3) is 17.0 Å². The van der Waals surface area contributed by atoms with Crippen molar-refractivity contribution in [1.82, 2.24) is 19.9 Å². The van der Waals surface area contributed by atoms with Gasteiger partial charge in [-0.3, -0.25) is 14.0 Å². The van der Waals surface area contributed by atoms with Crippen molar-refractivity contribution in [2.24, 2.45) is 5.92 Å². The molecule has 1 aromatic carbocycles. The zero-order chi connectivity index (χ0) is 22.1. The molecule has 0 bridgehead atoms. The molecule has 1 fully saturated rings. The summed E-state index contributed by atoms with van der Waals surface area (Å²) in [6.07, 6.45) is 4.87. The van der Waals surface area contributed by atoms with Crippen molar-refractivity contribution >= 4 is 34.5 Å². The molecule has 32 heavy (non-hydrogen) atoms. The molecule has 8 heteroatoms. The number of rotatable bonds is 6. The number of carbonyl (C=O) groups is 2. The number of hydrogen-bond acceptors (Lipinski definition) is 5. The summed E-state index contributed by atoms with van der Waals surface area (Å²) in [4.78, 5) is 26.0. The molecule has 0 radical (unpaired) electrons. The first kappa shape index (κ1) is 20.4. The zero-order valence-corrected chi connectivity index (χ0v) is 18.4. The lowest BCUT2D eigenvalue weighted by atomic mass is 9.85. The van der Waals surface area contributed by atoms with Crippen LogP contribution in [-0.2, 0) is 4.79 Å². The molecule has 0 aliphatic heterocycles. The largest absolute Gasteiger partial charge is 0.345 e. The molecule has 2 amide bonds. The molecule has 0 spiro atoms. The molecular formula is C24H23N5O2S. The number of fused-ring (bicyclic) bond motifs is 1. The van der Waals surface area contributed by atoms with Gasteiger partial charge in [0.15, 0.2) is 11.5 Å². The highest BCUT2D eigenvalue weighted by molar-refractivity contribution is 7.10. The van der Waals surface area contributed by atoms with E-state index in [2.05, 4.69) is 20.8 Å². The summed E-state index contributed by atoms with van der Waals surface area (Å²) in [6.45, 7) is 1.97. The number of aromatic nitrogens is 3. The van der Waals surface area contributed by atoms with Crippen LogP contribution in [0.3, 0.4) is 0 Å². The molecule has 3 aromatic heterocycles. The highest BCUT2D eigenvalue weighted by atomic mass is 32.1. The Morgan fingerprint density at radius 1 is 1.09 bits per heavy atom. The van der Waals surface area contributed by atoms with Crippen molar-refractivity contribution in [2.45, 2.75) is 32.2 Å². The maximum absolute atomic E-state index is 12.6. The number of nitrogens with one attached hydrogen (secondary N) is 2. The normalized spacial score (nSPS) is 14.7. The van der Waals surface area contributed by atoms with Crippen LogP contribution >= 0.6 is 11.3 Å². The van der Waals surface area contributed by atoms with Gasteiger partial charge < -0.3 is 10.6 Å². The molecule has 2 N–H and O–H groups in total. The predicted octanol–water partition coefficient (Wildman–Crippen LogP) is 4.69. The molecule has 5 rings (SSSR count). The van der Waals surface area contributed by atoms with Gasteiger partial charge in [0.05, 0.1) is 11.7 Å². The van der Waals surface area contributed by atoms with Crippen LogP contribution < -0.4 is 10.6 Å². The van der Waals surface area contributed by atoms with Crippen LogP contribution in [0.15, 0.2) is 60.1 Å². The van der Waals surface area contributed by atoms with Gasteiger partial charge in [0.2, 0.25) is 5.91 Å². The molecule has 1 aliphatic rings. The van der Waals surface area contributed by atoms with E-state index in [1.165, 1.54) is 0 Å². The van der Waals surface area contributed by atoms with E-state index in [9.17, 15) is 9.59 Å². The van der Waals surface area contributed by atoms with Gasteiger partial charge in [0, 0.05) is 28.1 Å². The van der Waals surface area contributed by atoms with E-state index in [0.717, 1.165) is 29.7 Å². The summed E-state index contributed by atoms with van der Waals surface area (Å²) in [7, 11) is 0. The van der Waals surface area contributed by atoms with Crippen LogP contribution in [-0.4, -0.2) is 26.4 Å². The molecule has 1 atom stereocenters. The molecule has 4 aromatic rings. The Morgan fingerprint density at radius 3 is 2.59 bits per heavy atom. The third-order valence-corrected chi connectivity index (χ3v) is 6.92. The number of pyridine rings is 1. The Hall–Kier alpha value is -3.52. The minimum absolute atomic E-state index is 0.0452. The summed E-state index contributed by atoms with van der Waals surface area (Å²) in [5.41, 5.74) is 2.82. The van der Waals surface area contributed by atoms with Gasteiger partial charge in [0.25, 0.3) is 5.91 Å². The lowest BCUT2D eigenvalue weighted by molar-refractivity contribution is -0.122. The van der Waals surface area contributed by atoms with Gasteiger partial charge in [-0.1, -0.05) is 24.6 Å². The second-order valence-corrected chi connectivity index (χ2v) is 9.05. The minimum Gasteiger partial charge on any atom is -0.345 e. The standard InChI is InChI=1S/C24H23N5O2S/c1-15(20-6-3-13-32-20)25-23(30)18-9-7-16(8-10-18)22-28-27-21-12-11-19(14-29(21)22)26-24(31)17-4-2-5-17/h3,6-15,17H,2,4-5H2,1H3,(H,25,30)(H,26,31)/t15-/m0/s1. The van der Waals surface area contributed by atoms with Crippen LogP contribution in [0, 0.1) is 5.92 Å². The van der Waals surface area contributed by atoms with Gasteiger partial charge in [0.1, 0.15) is 0 Å². The van der Waals surface area contributed by atoms with Crippen molar-refractivity contribution < 1.29 is 9.59 Å². The minimum atomic E-state index is -0.121. The van der Waals surface area contributed by atoms with Crippen LogP contribution in [0.5, 0.6) is 0 Å². The maximum Gasteiger partial charge on any atom is 0.251 e. The first-order valence-corrected chi connectivity index (χ1v) is 11.6. The number of anilines is 1. The molecule has 162 valence electrons. The average Bonchev–Trinajstić information content (AvgIpc) is 3.42. The average molecular weight is 446 g/mol. The summed E-state index contributed by atoms with van der Waals surface area (Å²) < 4.78 is 1.85. The fourth-order valence-electron chi connectivity index (χ4n) is 3.74. The second kappa shape index (κ2) is 8.55. The lowest BCUT2D eigenvalue weighted by Crippen LogP contribution is -2.28.